The molecule has 3 N–H and O–H groups in total. The van der Waals surface area contributed by atoms with Crippen LogP contribution in [-0.2, 0) is 17.9 Å². The summed E-state index contributed by atoms with van der Waals surface area (Å²) in [5, 5.41) is 6.70. The number of nitrogens with one attached hydrogen (secondary N) is 1. The van der Waals surface area contributed by atoms with E-state index >= 15 is 0 Å². The zero-order valence-corrected chi connectivity index (χ0v) is 14.0. The lowest BCUT2D eigenvalue weighted by Crippen LogP contribution is -2.33. The number of amides is 1. The van der Waals surface area contributed by atoms with Crippen molar-refractivity contribution in [2.24, 2.45) is 5.73 Å². The number of aromatic nitrogens is 2. The molecule has 2 heterocycles. The Labute approximate surface area is 145 Å². The van der Waals surface area contributed by atoms with Crippen LogP contribution in [0.25, 0.3) is 0 Å². The van der Waals surface area contributed by atoms with Gasteiger partial charge in [0.15, 0.2) is 17.3 Å². The number of nitrogens with two attached hydrogens (primary N) is 1. The van der Waals surface area contributed by atoms with Crippen LogP contribution in [0.5, 0.6) is 11.5 Å². The van der Waals surface area contributed by atoms with Gasteiger partial charge in [-0.2, -0.15) is 4.98 Å². The molecule has 9 heteroatoms. The van der Waals surface area contributed by atoms with Gasteiger partial charge < -0.3 is 25.0 Å². The highest BCUT2D eigenvalue weighted by Gasteiger charge is 2.16. The van der Waals surface area contributed by atoms with Crippen molar-refractivity contribution in [3.63, 3.8) is 0 Å². The minimum absolute atomic E-state index is 0.138. The molecule has 0 atom stereocenters. The van der Waals surface area contributed by atoms with Gasteiger partial charge in [-0.3, -0.25) is 9.69 Å². The molecule has 134 valence electrons. The van der Waals surface area contributed by atoms with Crippen molar-refractivity contribution in [3.8, 4) is 11.5 Å². The molecular formula is C16H21N5O4. The fourth-order valence-corrected chi connectivity index (χ4v) is 2.44. The van der Waals surface area contributed by atoms with Crippen molar-refractivity contribution in [3.05, 3.63) is 29.9 Å². The molecule has 0 unspecified atom stereocenters. The number of anilines is 1. The molecule has 0 aliphatic carbocycles. The van der Waals surface area contributed by atoms with E-state index in [-0.39, 0.29) is 19.0 Å². The van der Waals surface area contributed by atoms with Crippen molar-refractivity contribution in [2.45, 2.75) is 20.0 Å². The quantitative estimate of drug-likeness (QED) is 0.754. The van der Waals surface area contributed by atoms with Gasteiger partial charge in [-0.25, -0.2) is 0 Å². The highest BCUT2D eigenvalue weighted by atomic mass is 16.6. The molecule has 0 bridgehead atoms. The van der Waals surface area contributed by atoms with Gasteiger partial charge in [0.05, 0.1) is 19.6 Å². The normalized spacial score (nSPS) is 13.1. The van der Waals surface area contributed by atoms with Crippen molar-refractivity contribution >= 4 is 11.6 Å². The molecule has 1 aliphatic rings. The van der Waals surface area contributed by atoms with E-state index < -0.39 is 0 Å². The zero-order valence-electron chi connectivity index (χ0n) is 14.0. The van der Waals surface area contributed by atoms with E-state index in [0.29, 0.717) is 55.2 Å². The number of carbonyl (C=O) groups is 1. The predicted octanol–water partition coefficient (Wildman–Crippen LogP) is 0.760. The summed E-state index contributed by atoms with van der Waals surface area (Å²) in [5.74, 6) is 2.08. The molecule has 0 spiro atoms. The third-order valence-corrected chi connectivity index (χ3v) is 3.69. The third kappa shape index (κ3) is 4.46. The van der Waals surface area contributed by atoms with Crippen LogP contribution in [0, 0.1) is 0 Å². The van der Waals surface area contributed by atoms with Gasteiger partial charge in [-0.05, 0) is 18.7 Å². The first-order valence-electron chi connectivity index (χ1n) is 8.11. The van der Waals surface area contributed by atoms with Gasteiger partial charge in [0, 0.05) is 11.8 Å². The van der Waals surface area contributed by atoms with Gasteiger partial charge in [0.25, 0.3) is 0 Å². The highest BCUT2D eigenvalue weighted by Crippen LogP contribution is 2.32. The summed E-state index contributed by atoms with van der Waals surface area (Å²) in [7, 11) is 0. The van der Waals surface area contributed by atoms with Crippen molar-refractivity contribution < 1.29 is 18.8 Å². The maximum atomic E-state index is 12.3. The third-order valence-electron chi connectivity index (χ3n) is 3.69. The summed E-state index contributed by atoms with van der Waals surface area (Å²) in [6.45, 7) is 4.48. The number of rotatable bonds is 7. The standard InChI is InChI=1S/C16H21N5O4/c1-2-21(9-14-19-16(8-17)25-20-14)10-15(22)18-11-3-4-12-13(7-11)24-6-5-23-12/h3-4,7H,2,5-6,8-10,17H2,1H3,(H,18,22). The number of nitrogens with zero attached hydrogens (tertiary/aromatic N) is 3. The molecule has 9 nitrogen and oxygen atoms in total. The largest absolute Gasteiger partial charge is 0.486 e. The van der Waals surface area contributed by atoms with Gasteiger partial charge in [0.2, 0.25) is 11.8 Å². The van der Waals surface area contributed by atoms with E-state index in [0.717, 1.165) is 0 Å². The molecule has 3 rings (SSSR count). The van der Waals surface area contributed by atoms with Crippen LogP contribution in [0.4, 0.5) is 5.69 Å². The zero-order chi connectivity index (χ0) is 17.6. The molecule has 0 radical (unpaired) electrons. The molecule has 1 aromatic heterocycles. The van der Waals surface area contributed by atoms with Crippen molar-refractivity contribution in [1.29, 1.82) is 0 Å². The van der Waals surface area contributed by atoms with Gasteiger partial charge in [0.1, 0.15) is 13.2 Å². The van der Waals surface area contributed by atoms with E-state index in [1.165, 1.54) is 0 Å². The number of carbonyl (C=O) groups excluding carboxylic acids is 1. The summed E-state index contributed by atoms with van der Waals surface area (Å²) in [6.07, 6.45) is 0. The second kappa shape index (κ2) is 7.95. The minimum atomic E-state index is -0.138. The number of hydrogen-bond donors (Lipinski definition) is 2. The summed E-state index contributed by atoms with van der Waals surface area (Å²) >= 11 is 0. The number of likely N-dealkylation sites (N-methyl/N-ethyl adjacent to an activating group) is 1. The van der Waals surface area contributed by atoms with Crippen LogP contribution < -0.4 is 20.5 Å². The Bertz CT molecular complexity index is 733. The van der Waals surface area contributed by atoms with E-state index in [9.17, 15) is 4.79 Å². The molecule has 2 aromatic rings. The van der Waals surface area contributed by atoms with Gasteiger partial charge >= 0.3 is 0 Å². The molecule has 25 heavy (non-hydrogen) atoms. The van der Waals surface area contributed by atoms with Crippen molar-refractivity contribution in [1.82, 2.24) is 15.0 Å². The monoisotopic (exact) mass is 347 g/mol. The first kappa shape index (κ1) is 17.2. The average Bonchev–Trinajstić information content (AvgIpc) is 3.08. The van der Waals surface area contributed by atoms with Gasteiger partial charge in [-0.1, -0.05) is 12.1 Å². The lowest BCUT2D eigenvalue weighted by Gasteiger charge is -2.20. The number of fused-ring (bicyclic) bond motifs is 1. The lowest BCUT2D eigenvalue weighted by molar-refractivity contribution is -0.117. The van der Waals surface area contributed by atoms with E-state index in [2.05, 4.69) is 15.5 Å². The Hall–Kier alpha value is -2.65. The van der Waals surface area contributed by atoms with E-state index in [1.807, 2.05) is 11.8 Å². The number of hydrogen-bond acceptors (Lipinski definition) is 8. The van der Waals surface area contributed by atoms with Crippen LogP contribution >= 0.6 is 0 Å². The Kier molecular flexibility index (Phi) is 5.46. The molecule has 0 saturated heterocycles. The second-order valence-corrected chi connectivity index (χ2v) is 5.52. The maximum Gasteiger partial charge on any atom is 0.240 e. The van der Waals surface area contributed by atoms with Crippen LogP contribution in [-0.4, -0.2) is 47.3 Å². The number of ether oxygens (including phenoxy) is 2. The topological polar surface area (TPSA) is 116 Å². The van der Waals surface area contributed by atoms with E-state index in [4.69, 9.17) is 19.7 Å². The predicted molar refractivity (Wildman–Crippen MR) is 89.2 cm³/mol. The van der Waals surface area contributed by atoms with Crippen LogP contribution in [0.3, 0.4) is 0 Å². The summed E-state index contributed by atoms with van der Waals surface area (Å²) in [5.41, 5.74) is 6.11. The summed E-state index contributed by atoms with van der Waals surface area (Å²) in [4.78, 5) is 18.3. The lowest BCUT2D eigenvalue weighted by atomic mass is 10.2. The van der Waals surface area contributed by atoms with E-state index in [1.54, 1.807) is 18.2 Å². The molecule has 1 aliphatic heterocycles. The smallest absolute Gasteiger partial charge is 0.240 e. The Balaban J connectivity index is 1.56. The molecule has 1 amide bonds. The maximum absolute atomic E-state index is 12.3. The van der Waals surface area contributed by atoms with Crippen LogP contribution in [0.15, 0.2) is 22.7 Å². The first-order valence-corrected chi connectivity index (χ1v) is 8.11. The molecule has 0 fully saturated rings. The summed E-state index contributed by atoms with van der Waals surface area (Å²) in [6, 6.07) is 5.33. The fraction of sp³-hybridized carbons (Fsp3) is 0.438. The van der Waals surface area contributed by atoms with Gasteiger partial charge in [-0.15, -0.1) is 0 Å². The minimum Gasteiger partial charge on any atom is -0.486 e. The first-order chi connectivity index (χ1) is 12.2. The Morgan fingerprint density at radius 3 is 2.84 bits per heavy atom. The molecule has 1 aromatic carbocycles. The number of benzene rings is 1. The van der Waals surface area contributed by atoms with Crippen LogP contribution in [0.1, 0.15) is 18.6 Å². The SMILES string of the molecule is CCN(CC(=O)Nc1ccc2c(c1)OCCO2)Cc1noc(CN)n1. The van der Waals surface area contributed by atoms with Crippen LogP contribution in [0.2, 0.25) is 0 Å². The van der Waals surface area contributed by atoms with Crippen molar-refractivity contribution in [2.75, 3.05) is 31.6 Å². The highest BCUT2D eigenvalue weighted by molar-refractivity contribution is 5.92. The second-order valence-electron chi connectivity index (χ2n) is 5.52. The fourth-order valence-electron chi connectivity index (χ4n) is 2.44. The Morgan fingerprint density at radius 2 is 2.12 bits per heavy atom. The summed E-state index contributed by atoms with van der Waals surface area (Å²) < 4.78 is 16.0. The molecule has 0 saturated carbocycles. The molecular weight excluding hydrogens is 326 g/mol. The average molecular weight is 347 g/mol. The Morgan fingerprint density at radius 1 is 1.32 bits per heavy atom.